The van der Waals surface area contributed by atoms with Gasteiger partial charge in [0.25, 0.3) is 5.56 Å². The number of hydrogen-bond acceptors (Lipinski definition) is 7. The number of aromatic amines is 1. The zero-order valence-electron chi connectivity index (χ0n) is 11.5. The molecule has 0 aromatic carbocycles. The molecule has 0 fully saturated rings. The summed E-state index contributed by atoms with van der Waals surface area (Å²) in [5.41, 5.74) is 11.9. The van der Waals surface area contributed by atoms with Gasteiger partial charge in [-0.2, -0.15) is 0 Å². The number of nitrogens with two attached hydrogens (primary N) is 2. The summed E-state index contributed by atoms with van der Waals surface area (Å²) >= 11 is 1.21. The predicted octanol–water partition coefficient (Wildman–Crippen LogP) is 1.31. The van der Waals surface area contributed by atoms with E-state index in [1.807, 2.05) is 20.8 Å². The standard InChI is InChI=1S/C12H16N6OS/c1-5(2)10-17-9(14)6(3)11(18-10)20-12-15-7(13)4-8(19)16-12/h4-5H,1-3H3,(H2,14,17,18)(H3,13,15,16,19). The normalized spacial score (nSPS) is 11.0. The maximum absolute atomic E-state index is 11.4. The molecule has 20 heavy (non-hydrogen) atoms. The summed E-state index contributed by atoms with van der Waals surface area (Å²) in [7, 11) is 0. The Labute approximate surface area is 120 Å². The van der Waals surface area contributed by atoms with Gasteiger partial charge < -0.3 is 16.5 Å². The van der Waals surface area contributed by atoms with E-state index in [4.69, 9.17) is 11.5 Å². The Kier molecular flexibility index (Phi) is 3.93. The molecule has 2 heterocycles. The predicted molar refractivity (Wildman–Crippen MR) is 78.7 cm³/mol. The Balaban J connectivity index is 2.44. The van der Waals surface area contributed by atoms with E-state index in [0.717, 1.165) is 5.56 Å². The van der Waals surface area contributed by atoms with Crippen LogP contribution in [0.25, 0.3) is 0 Å². The van der Waals surface area contributed by atoms with E-state index in [0.29, 0.717) is 21.8 Å². The molecule has 0 atom stereocenters. The monoisotopic (exact) mass is 292 g/mol. The van der Waals surface area contributed by atoms with Gasteiger partial charge >= 0.3 is 0 Å². The fourth-order valence-corrected chi connectivity index (χ4v) is 2.36. The number of nitrogen functional groups attached to an aromatic ring is 2. The molecule has 0 aliphatic rings. The number of rotatable bonds is 3. The highest BCUT2D eigenvalue weighted by Gasteiger charge is 2.13. The molecule has 0 aliphatic carbocycles. The minimum Gasteiger partial charge on any atom is -0.383 e. The van der Waals surface area contributed by atoms with Crippen molar-refractivity contribution >= 4 is 23.4 Å². The first-order valence-electron chi connectivity index (χ1n) is 6.05. The van der Waals surface area contributed by atoms with Gasteiger partial charge in [0.05, 0.1) is 0 Å². The van der Waals surface area contributed by atoms with Crippen molar-refractivity contribution in [2.45, 2.75) is 36.9 Å². The highest BCUT2D eigenvalue weighted by atomic mass is 32.2. The Morgan fingerprint density at radius 2 is 1.95 bits per heavy atom. The smallest absolute Gasteiger partial charge is 0.253 e. The summed E-state index contributed by atoms with van der Waals surface area (Å²) in [6.07, 6.45) is 0. The lowest BCUT2D eigenvalue weighted by Crippen LogP contribution is -2.10. The minimum absolute atomic E-state index is 0.158. The first-order chi connectivity index (χ1) is 9.36. The molecular formula is C12H16N6OS. The lowest BCUT2D eigenvalue weighted by atomic mass is 10.2. The van der Waals surface area contributed by atoms with Gasteiger partial charge in [-0.1, -0.05) is 13.8 Å². The first-order valence-corrected chi connectivity index (χ1v) is 6.87. The molecule has 2 aromatic rings. The van der Waals surface area contributed by atoms with Gasteiger partial charge in [-0.05, 0) is 18.7 Å². The van der Waals surface area contributed by atoms with E-state index in [1.165, 1.54) is 17.8 Å². The number of anilines is 2. The van der Waals surface area contributed by atoms with Crippen molar-refractivity contribution in [3.8, 4) is 0 Å². The highest BCUT2D eigenvalue weighted by Crippen LogP contribution is 2.29. The third-order valence-electron chi connectivity index (χ3n) is 2.61. The van der Waals surface area contributed by atoms with E-state index in [1.54, 1.807) is 0 Å². The SMILES string of the molecule is Cc1c(N)nc(C(C)C)nc1Sc1nc(N)cc(=O)[nH]1. The van der Waals surface area contributed by atoms with Gasteiger partial charge in [0.2, 0.25) is 0 Å². The molecule has 0 saturated heterocycles. The number of H-pyrrole nitrogens is 1. The van der Waals surface area contributed by atoms with Crippen molar-refractivity contribution in [3.05, 3.63) is 27.8 Å². The maximum Gasteiger partial charge on any atom is 0.253 e. The molecule has 0 amide bonds. The van der Waals surface area contributed by atoms with E-state index in [-0.39, 0.29) is 17.3 Å². The van der Waals surface area contributed by atoms with Gasteiger partial charge in [0, 0.05) is 17.5 Å². The van der Waals surface area contributed by atoms with Crippen molar-refractivity contribution in [2.24, 2.45) is 0 Å². The van der Waals surface area contributed by atoms with Crippen LogP contribution < -0.4 is 17.0 Å². The van der Waals surface area contributed by atoms with Crippen molar-refractivity contribution in [1.82, 2.24) is 19.9 Å². The van der Waals surface area contributed by atoms with Crippen LogP contribution in [0, 0.1) is 6.92 Å². The summed E-state index contributed by atoms with van der Waals surface area (Å²) < 4.78 is 0. The van der Waals surface area contributed by atoms with Crippen LogP contribution >= 0.6 is 11.8 Å². The lowest BCUT2D eigenvalue weighted by molar-refractivity contribution is 0.750. The zero-order valence-corrected chi connectivity index (χ0v) is 12.3. The van der Waals surface area contributed by atoms with Crippen LogP contribution in [0.5, 0.6) is 0 Å². The molecule has 0 aliphatic heterocycles. The topological polar surface area (TPSA) is 124 Å². The van der Waals surface area contributed by atoms with Crippen LogP contribution in [-0.2, 0) is 0 Å². The molecule has 0 unspecified atom stereocenters. The number of nitrogens with zero attached hydrogens (tertiary/aromatic N) is 3. The number of nitrogens with one attached hydrogen (secondary N) is 1. The number of aromatic nitrogens is 4. The molecule has 106 valence electrons. The second-order valence-electron chi connectivity index (χ2n) is 4.63. The molecule has 2 aromatic heterocycles. The fourth-order valence-electron chi connectivity index (χ4n) is 1.48. The molecule has 7 nitrogen and oxygen atoms in total. The summed E-state index contributed by atoms with van der Waals surface area (Å²) in [4.78, 5) is 26.7. The summed E-state index contributed by atoms with van der Waals surface area (Å²) in [5, 5.41) is 1.04. The molecule has 5 N–H and O–H groups in total. The Bertz CT molecular complexity index is 697. The Hall–Kier alpha value is -2.09. The second-order valence-corrected chi connectivity index (χ2v) is 5.61. The van der Waals surface area contributed by atoms with E-state index < -0.39 is 0 Å². The summed E-state index contributed by atoms with van der Waals surface area (Å²) in [5.74, 6) is 1.41. The third kappa shape index (κ3) is 3.08. The van der Waals surface area contributed by atoms with Crippen LogP contribution in [0.4, 0.5) is 11.6 Å². The maximum atomic E-state index is 11.4. The van der Waals surface area contributed by atoms with E-state index in [2.05, 4.69) is 19.9 Å². The molecule has 2 rings (SSSR count). The van der Waals surface area contributed by atoms with Crippen molar-refractivity contribution < 1.29 is 0 Å². The third-order valence-corrected chi connectivity index (χ3v) is 3.58. The Morgan fingerprint density at radius 1 is 1.25 bits per heavy atom. The summed E-state index contributed by atoms with van der Waals surface area (Å²) in [6, 6.07) is 1.23. The van der Waals surface area contributed by atoms with Crippen LogP contribution in [0.15, 0.2) is 21.0 Å². The average Bonchev–Trinajstić information content (AvgIpc) is 2.33. The van der Waals surface area contributed by atoms with Crippen LogP contribution in [0.3, 0.4) is 0 Å². The average molecular weight is 292 g/mol. The molecule has 0 spiro atoms. The molecule has 0 radical (unpaired) electrons. The zero-order chi connectivity index (χ0) is 14.9. The minimum atomic E-state index is -0.302. The van der Waals surface area contributed by atoms with Crippen molar-refractivity contribution in [2.75, 3.05) is 11.5 Å². The first kappa shape index (κ1) is 14.3. The van der Waals surface area contributed by atoms with Crippen molar-refractivity contribution in [1.29, 1.82) is 0 Å². The van der Waals surface area contributed by atoms with Crippen LogP contribution in [0.2, 0.25) is 0 Å². The van der Waals surface area contributed by atoms with Gasteiger partial charge in [-0.25, -0.2) is 15.0 Å². The van der Waals surface area contributed by atoms with Gasteiger partial charge in [0.1, 0.15) is 22.5 Å². The van der Waals surface area contributed by atoms with E-state index >= 15 is 0 Å². The molecule has 0 saturated carbocycles. The molecular weight excluding hydrogens is 276 g/mol. The Morgan fingerprint density at radius 3 is 2.55 bits per heavy atom. The summed E-state index contributed by atoms with van der Waals surface area (Å²) in [6.45, 7) is 5.80. The number of hydrogen-bond donors (Lipinski definition) is 3. The van der Waals surface area contributed by atoms with Crippen LogP contribution in [0.1, 0.15) is 31.2 Å². The lowest BCUT2D eigenvalue weighted by Gasteiger charge is -2.11. The molecule has 8 heteroatoms. The van der Waals surface area contributed by atoms with Gasteiger partial charge in [-0.3, -0.25) is 4.79 Å². The molecule has 0 bridgehead atoms. The van der Waals surface area contributed by atoms with E-state index in [9.17, 15) is 4.79 Å². The second kappa shape index (κ2) is 5.49. The van der Waals surface area contributed by atoms with Gasteiger partial charge in [-0.15, -0.1) is 0 Å². The quantitative estimate of drug-likeness (QED) is 0.575. The van der Waals surface area contributed by atoms with Crippen LogP contribution in [-0.4, -0.2) is 19.9 Å². The van der Waals surface area contributed by atoms with Crippen molar-refractivity contribution in [3.63, 3.8) is 0 Å². The fraction of sp³-hybridized carbons (Fsp3) is 0.333. The van der Waals surface area contributed by atoms with Gasteiger partial charge in [0.15, 0.2) is 5.16 Å². The highest BCUT2D eigenvalue weighted by molar-refractivity contribution is 7.99. The largest absolute Gasteiger partial charge is 0.383 e.